The monoisotopic (exact) mass is 371 g/mol. The third kappa shape index (κ3) is 4.53. The lowest BCUT2D eigenvalue weighted by molar-refractivity contribution is -0.125. The molecule has 0 aromatic heterocycles. The van der Waals surface area contributed by atoms with Gasteiger partial charge < -0.3 is 10.1 Å². The molecule has 0 saturated heterocycles. The molecule has 2 rings (SSSR count). The van der Waals surface area contributed by atoms with Crippen molar-refractivity contribution < 1.29 is 18.7 Å². The quantitative estimate of drug-likeness (QED) is 0.824. The van der Waals surface area contributed by atoms with Gasteiger partial charge in [0.25, 0.3) is 5.91 Å². The predicted octanol–water partition coefficient (Wildman–Crippen LogP) is 3.44. The van der Waals surface area contributed by atoms with Gasteiger partial charge in [0, 0.05) is 10.5 Å². The van der Waals surface area contributed by atoms with E-state index in [4.69, 9.17) is 4.74 Å². The molecule has 1 aliphatic rings. The number of benzene rings is 1. The molecule has 6 heteroatoms. The maximum atomic E-state index is 13.5. The van der Waals surface area contributed by atoms with Crippen molar-refractivity contribution in [2.45, 2.75) is 38.6 Å². The molecule has 120 valence electrons. The third-order valence-corrected chi connectivity index (χ3v) is 4.43. The van der Waals surface area contributed by atoms with Crippen LogP contribution >= 0.6 is 15.9 Å². The molecule has 4 nitrogen and oxygen atoms in total. The Kier molecular flexibility index (Phi) is 5.94. The minimum absolute atomic E-state index is 0.127. The summed E-state index contributed by atoms with van der Waals surface area (Å²) < 4.78 is 19.0. The highest BCUT2D eigenvalue weighted by atomic mass is 79.9. The second-order valence-electron chi connectivity index (χ2n) is 5.64. The minimum Gasteiger partial charge on any atom is -0.452 e. The topological polar surface area (TPSA) is 55.4 Å². The molecular weight excluding hydrogens is 353 g/mol. The molecule has 0 bridgehead atoms. The van der Waals surface area contributed by atoms with Crippen LogP contribution in [0.15, 0.2) is 22.7 Å². The molecule has 0 spiro atoms. The van der Waals surface area contributed by atoms with E-state index in [1.807, 2.05) is 0 Å². The van der Waals surface area contributed by atoms with Gasteiger partial charge in [0.1, 0.15) is 5.82 Å². The van der Waals surface area contributed by atoms with E-state index in [1.165, 1.54) is 24.6 Å². The number of esters is 1. The number of halogens is 2. The van der Waals surface area contributed by atoms with Gasteiger partial charge in [0.05, 0.1) is 5.56 Å². The zero-order valence-corrected chi connectivity index (χ0v) is 14.0. The second kappa shape index (κ2) is 7.72. The molecule has 1 aromatic rings. The second-order valence-corrected chi connectivity index (χ2v) is 6.55. The lowest BCUT2D eigenvalue weighted by Crippen LogP contribution is -2.42. The fraction of sp³-hybridized carbons (Fsp3) is 0.500. The Balaban J connectivity index is 1.85. The molecule has 2 atom stereocenters. The van der Waals surface area contributed by atoms with E-state index < -0.39 is 18.4 Å². The molecular formula is C16H19BrFNO3. The summed E-state index contributed by atoms with van der Waals surface area (Å²) >= 11 is 3.16. The van der Waals surface area contributed by atoms with Crippen LogP contribution in [0.4, 0.5) is 4.39 Å². The van der Waals surface area contributed by atoms with Crippen molar-refractivity contribution >= 4 is 27.8 Å². The minimum atomic E-state index is -0.842. The van der Waals surface area contributed by atoms with Crippen LogP contribution in [0, 0.1) is 11.7 Å². The van der Waals surface area contributed by atoms with Gasteiger partial charge in [-0.1, -0.05) is 35.7 Å². The first-order chi connectivity index (χ1) is 10.5. The first kappa shape index (κ1) is 16.9. The van der Waals surface area contributed by atoms with Gasteiger partial charge in [-0.2, -0.15) is 0 Å². The number of ether oxygens (including phenoxy) is 1. The average molecular weight is 372 g/mol. The van der Waals surface area contributed by atoms with Crippen LogP contribution in [-0.4, -0.2) is 24.5 Å². The number of nitrogens with one attached hydrogen (secondary N) is 1. The first-order valence-corrected chi connectivity index (χ1v) is 8.18. The summed E-state index contributed by atoms with van der Waals surface area (Å²) in [5, 5.41) is 2.88. The van der Waals surface area contributed by atoms with E-state index >= 15 is 0 Å². The Hall–Kier alpha value is -1.43. The predicted molar refractivity (Wildman–Crippen MR) is 83.9 cm³/mol. The fourth-order valence-corrected chi connectivity index (χ4v) is 3.00. The van der Waals surface area contributed by atoms with Crippen molar-refractivity contribution in [3.8, 4) is 0 Å². The van der Waals surface area contributed by atoms with E-state index in [0.29, 0.717) is 10.4 Å². The van der Waals surface area contributed by atoms with Crippen LogP contribution in [0.3, 0.4) is 0 Å². The van der Waals surface area contributed by atoms with Crippen molar-refractivity contribution in [3.05, 3.63) is 34.1 Å². The van der Waals surface area contributed by atoms with Crippen LogP contribution in [0.1, 0.15) is 43.0 Å². The summed E-state index contributed by atoms with van der Waals surface area (Å²) in [4.78, 5) is 23.7. The Morgan fingerprint density at radius 3 is 2.82 bits per heavy atom. The van der Waals surface area contributed by atoms with Crippen molar-refractivity contribution in [1.82, 2.24) is 5.32 Å². The lowest BCUT2D eigenvalue weighted by atomic mass is 9.86. The van der Waals surface area contributed by atoms with Crippen LogP contribution in [0.25, 0.3) is 0 Å². The Bertz CT molecular complexity index is 564. The van der Waals surface area contributed by atoms with Crippen LogP contribution in [0.2, 0.25) is 0 Å². The van der Waals surface area contributed by atoms with E-state index in [2.05, 4.69) is 28.2 Å². The van der Waals surface area contributed by atoms with Gasteiger partial charge in [0.2, 0.25) is 0 Å². The van der Waals surface area contributed by atoms with Gasteiger partial charge in [-0.25, -0.2) is 9.18 Å². The van der Waals surface area contributed by atoms with Crippen LogP contribution in [-0.2, 0) is 9.53 Å². The zero-order valence-electron chi connectivity index (χ0n) is 12.4. The molecule has 1 aromatic carbocycles. The van der Waals surface area contributed by atoms with E-state index in [-0.39, 0.29) is 17.5 Å². The van der Waals surface area contributed by atoms with E-state index in [1.54, 1.807) is 0 Å². The summed E-state index contributed by atoms with van der Waals surface area (Å²) in [5.41, 5.74) is -0.187. The molecule has 0 heterocycles. The van der Waals surface area contributed by atoms with Crippen molar-refractivity contribution in [2.75, 3.05) is 6.61 Å². The molecule has 0 unspecified atom stereocenters. The Morgan fingerprint density at radius 2 is 2.09 bits per heavy atom. The number of hydrogen-bond donors (Lipinski definition) is 1. The van der Waals surface area contributed by atoms with Crippen molar-refractivity contribution in [2.24, 2.45) is 5.92 Å². The highest BCUT2D eigenvalue weighted by Gasteiger charge is 2.23. The highest BCUT2D eigenvalue weighted by Crippen LogP contribution is 2.23. The molecule has 1 aliphatic carbocycles. The Morgan fingerprint density at radius 1 is 1.36 bits per heavy atom. The number of carbonyl (C=O) groups excluding carboxylic acids is 2. The normalized spacial score (nSPS) is 21.2. The summed E-state index contributed by atoms with van der Waals surface area (Å²) in [6, 6.07) is 4.12. The number of rotatable bonds is 4. The third-order valence-electron chi connectivity index (χ3n) is 3.94. The smallest absolute Gasteiger partial charge is 0.341 e. The van der Waals surface area contributed by atoms with Gasteiger partial charge >= 0.3 is 5.97 Å². The van der Waals surface area contributed by atoms with E-state index in [9.17, 15) is 14.0 Å². The number of carbonyl (C=O) groups is 2. The molecule has 0 radical (unpaired) electrons. The van der Waals surface area contributed by atoms with Crippen LogP contribution < -0.4 is 5.32 Å². The average Bonchev–Trinajstić information content (AvgIpc) is 2.49. The molecule has 0 aliphatic heterocycles. The first-order valence-electron chi connectivity index (χ1n) is 7.39. The largest absolute Gasteiger partial charge is 0.452 e. The summed E-state index contributed by atoms with van der Waals surface area (Å²) in [6.45, 7) is 1.71. The van der Waals surface area contributed by atoms with Gasteiger partial charge in [-0.15, -0.1) is 0 Å². The standard InChI is InChI=1S/C16H19BrFNO3/c1-10-4-2-3-5-14(10)19-15(20)9-22-16(21)12-8-11(17)6-7-13(12)18/h6-8,10,14H,2-5,9H2,1H3,(H,19,20)/t10-,14+/m1/s1. The van der Waals surface area contributed by atoms with Gasteiger partial charge in [0.15, 0.2) is 6.61 Å². The molecule has 22 heavy (non-hydrogen) atoms. The SMILES string of the molecule is C[C@@H]1CCCC[C@@H]1NC(=O)COC(=O)c1cc(Br)ccc1F. The Labute approximate surface area is 137 Å². The van der Waals surface area contributed by atoms with Crippen molar-refractivity contribution in [1.29, 1.82) is 0 Å². The maximum absolute atomic E-state index is 13.5. The lowest BCUT2D eigenvalue weighted by Gasteiger charge is -2.29. The van der Waals surface area contributed by atoms with Gasteiger partial charge in [-0.05, 0) is 37.0 Å². The number of amides is 1. The van der Waals surface area contributed by atoms with Crippen LogP contribution in [0.5, 0.6) is 0 Å². The van der Waals surface area contributed by atoms with Crippen molar-refractivity contribution in [3.63, 3.8) is 0 Å². The highest BCUT2D eigenvalue weighted by molar-refractivity contribution is 9.10. The fourth-order valence-electron chi connectivity index (χ4n) is 2.64. The molecule has 1 N–H and O–H groups in total. The molecule has 1 amide bonds. The maximum Gasteiger partial charge on any atom is 0.341 e. The van der Waals surface area contributed by atoms with E-state index in [0.717, 1.165) is 19.3 Å². The zero-order chi connectivity index (χ0) is 16.1. The van der Waals surface area contributed by atoms with Gasteiger partial charge in [-0.3, -0.25) is 4.79 Å². The summed E-state index contributed by atoms with van der Waals surface area (Å²) in [5.74, 6) is -1.43. The number of hydrogen-bond acceptors (Lipinski definition) is 3. The molecule has 1 fully saturated rings. The molecule has 1 saturated carbocycles. The summed E-state index contributed by atoms with van der Waals surface area (Å²) in [6.07, 6.45) is 4.32. The summed E-state index contributed by atoms with van der Waals surface area (Å²) in [7, 11) is 0.